The number of tetrazole rings is 1. The molecule has 1 aromatic rings. The molecule has 1 aliphatic rings. The Balaban J connectivity index is 1.87. The number of carboxylic acid groups (broad SMARTS) is 1. The Kier molecular flexibility index (Phi) is 2.63. The van der Waals surface area contributed by atoms with Crippen LogP contribution in [0.25, 0.3) is 0 Å². The number of rotatable bonds is 5. The van der Waals surface area contributed by atoms with Gasteiger partial charge in [-0.15, -0.1) is 10.2 Å². The number of aliphatic carboxylic acids is 1. The lowest BCUT2D eigenvalue weighted by atomic mass is 10.2. The van der Waals surface area contributed by atoms with Crippen LogP contribution in [0.15, 0.2) is 0 Å². The highest BCUT2D eigenvalue weighted by Gasteiger charge is 2.35. The maximum absolute atomic E-state index is 10.9. The predicted octanol–water partition coefficient (Wildman–Crippen LogP) is -0.837. The van der Waals surface area contributed by atoms with Crippen LogP contribution in [0.5, 0.6) is 0 Å². The van der Waals surface area contributed by atoms with Gasteiger partial charge in [-0.2, -0.15) is 4.80 Å². The summed E-state index contributed by atoms with van der Waals surface area (Å²) >= 11 is 0. The summed E-state index contributed by atoms with van der Waals surface area (Å²) in [6.45, 7) is 0.349. The van der Waals surface area contributed by atoms with E-state index < -0.39 is 12.0 Å². The van der Waals surface area contributed by atoms with Gasteiger partial charge in [0.15, 0.2) is 5.82 Å². The molecule has 7 heteroatoms. The summed E-state index contributed by atoms with van der Waals surface area (Å²) in [6, 6.07) is -0.478. The van der Waals surface area contributed by atoms with Crippen molar-refractivity contribution in [3.8, 4) is 0 Å². The Morgan fingerprint density at radius 2 is 2.47 bits per heavy atom. The Morgan fingerprint density at radius 3 is 2.93 bits per heavy atom. The topological polar surface area (TPSA) is 92.9 Å². The van der Waals surface area contributed by atoms with Gasteiger partial charge in [-0.25, -0.2) is 0 Å². The average Bonchev–Trinajstić information content (AvgIpc) is 2.90. The quantitative estimate of drug-likeness (QED) is 0.660. The van der Waals surface area contributed by atoms with Crippen molar-refractivity contribution in [3.63, 3.8) is 0 Å². The fourth-order valence-corrected chi connectivity index (χ4v) is 1.48. The molecule has 0 amide bonds. The summed E-state index contributed by atoms with van der Waals surface area (Å²) in [5, 5.41) is 23.3. The van der Waals surface area contributed by atoms with Crippen molar-refractivity contribution in [2.24, 2.45) is 13.0 Å². The summed E-state index contributed by atoms with van der Waals surface area (Å²) in [7, 11) is 1.67. The van der Waals surface area contributed by atoms with Gasteiger partial charge in [0.2, 0.25) is 0 Å². The van der Waals surface area contributed by atoms with Crippen LogP contribution in [0.3, 0.4) is 0 Å². The molecule has 2 rings (SSSR count). The van der Waals surface area contributed by atoms with Gasteiger partial charge >= 0.3 is 5.97 Å². The molecule has 1 aromatic heterocycles. The van der Waals surface area contributed by atoms with E-state index in [-0.39, 0.29) is 5.92 Å². The van der Waals surface area contributed by atoms with E-state index in [1.54, 1.807) is 7.05 Å². The van der Waals surface area contributed by atoms with Crippen LogP contribution in [-0.4, -0.2) is 37.3 Å². The summed E-state index contributed by atoms with van der Waals surface area (Å²) in [5.74, 6) is -0.0232. The lowest BCUT2D eigenvalue weighted by Gasteiger charge is -2.11. The summed E-state index contributed by atoms with van der Waals surface area (Å²) in [6.07, 6.45) is 1.97. The van der Waals surface area contributed by atoms with E-state index in [9.17, 15) is 4.79 Å². The Hall–Kier alpha value is -1.50. The van der Waals surface area contributed by atoms with Crippen molar-refractivity contribution >= 4 is 5.97 Å². The highest BCUT2D eigenvalue weighted by Crippen LogP contribution is 2.32. The molecule has 7 nitrogen and oxygen atoms in total. The molecule has 1 heterocycles. The normalized spacial score (nSPS) is 17.7. The number of hydrogen-bond donors (Lipinski definition) is 2. The molecular weight excluding hydrogens is 198 g/mol. The first-order valence-corrected chi connectivity index (χ1v) is 4.86. The van der Waals surface area contributed by atoms with Gasteiger partial charge in [-0.05, 0) is 24.0 Å². The Bertz CT molecular complexity index is 360. The zero-order valence-electron chi connectivity index (χ0n) is 8.42. The van der Waals surface area contributed by atoms with Crippen molar-refractivity contribution in [3.05, 3.63) is 5.82 Å². The van der Waals surface area contributed by atoms with Gasteiger partial charge in [0.1, 0.15) is 6.04 Å². The van der Waals surface area contributed by atoms with Crippen LogP contribution >= 0.6 is 0 Å². The van der Waals surface area contributed by atoms with Gasteiger partial charge in [-0.1, -0.05) is 0 Å². The molecule has 1 unspecified atom stereocenters. The summed E-state index contributed by atoms with van der Waals surface area (Å²) in [5.41, 5.74) is 0. The van der Waals surface area contributed by atoms with Gasteiger partial charge in [0.25, 0.3) is 0 Å². The van der Waals surface area contributed by atoms with Crippen LogP contribution in [0.4, 0.5) is 0 Å². The Labute approximate surface area is 86.5 Å². The molecule has 0 bridgehead atoms. The van der Waals surface area contributed by atoms with Crippen LogP contribution < -0.4 is 5.32 Å². The minimum atomic E-state index is -0.804. The van der Waals surface area contributed by atoms with E-state index in [1.165, 1.54) is 4.80 Å². The minimum absolute atomic E-state index is 0.263. The summed E-state index contributed by atoms with van der Waals surface area (Å²) < 4.78 is 0. The zero-order valence-corrected chi connectivity index (χ0v) is 8.42. The Morgan fingerprint density at radius 1 is 1.73 bits per heavy atom. The molecule has 1 saturated carbocycles. The molecule has 0 aromatic carbocycles. The van der Waals surface area contributed by atoms with Crippen LogP contribution in [0, 0.1) is 5.92 Å². The van der Waals surface area contributed by atoms with E-state index in [0.717, 1.165) is 12.8 Å². The number of aromatic nitrogens is 4. The maximum Gasteiger partial charge on any atom is 0.320 e. The fourth-order valence-electron chi connectivity index (χ4n) is 1.48. The van der Waals surface area contributed by atoms with Crippen LogP contribution in [0.2, 0.25) is 0 Å². The molecule has 2 N–H and O–H groups in total. The van der Waals surface area contributed by atoms with E-state index in [4.69, 9.17) is 5.11 Å². The molecule has 1 fully saturated rings. The second kappa shape index (κ2) is 3.93. The molecular formula is C8H13N5O2. The molecule has 0 aliphatic heterocycles. The van der Waals surface area contributed by atoms with Gasteiger partial charge in [0, 0.05) is 0 Å². The first kappa shape index (κ1) is 10.0. The van der Waals surface area contributed by atoms with E-state index in [2.05, 4.69) is 20.7 Å². The van der Waals surface area contributed by atoms with Crippen LogP contribution in [-0.2, 0) is 18.4 Å². The van der Waals surface area contributed by atoms with E-state index >= 15 is 0 Å². The van der Waals surface area contributed by atoms with E-state index in [1.807, 2.05) is 0 Å². The zero-order chi connectivity index (χ0) is 10.8. The van der Waals surface area contributed by atoms with Crippen molar-refractivity contribution in [2.45, 2.75) is 25.4 Å². The third-order valence-electron chi connectivity index (χ3n) is 2.39. The predicted molar refractivity (Wildman–Crippen MR) is 49.8 cm³/mol. The van der Waals surface area contributed by atoms with Crippen molar-refractivity contribution in [2.75, 3.05) is 0 Å². The van der Waals surface area contributed by atoms with Crippen molar-refractivity contribution in [1.29, 1.82) is 0 Å². The minimum Gasteiger partial charge on any atom is -0.480 e. The molecule has 15 heavy (non-hydrogen) atoms. The SMILES string of the molecule is Cn1nnc(CNC(C(=O)O)C2CC2)n1. The van der Waals surface area contributed by atoms with E-state index in [0.29, 0.717) is 12.4 Å². The highest BCUT2D eigenvalue weighted by atomic mass is 16.4. The maximum atomic E-state index is 10.9. The van der Waals surface area contributed by atoms with Crippen molar-refractivity contribution < 1.29 is 9.90 Å². The van der Waals surface area contributed by atoms with Crippen LogP contribution in [0.1, 0.15) is 18.7 Å². The first-order valence-electron chi connectivity index (χ1n) is 4.86. The largest absolute Gasteiger partial charge is 0.480 e. The number of carboxylic acids is 1. The third-order valence-corrected chi connectivity index (χ3v) is 2.39. The second-order valence-electron chi connectivity index (χ2n) is 3.73. The van der Waals surface area contributed by atoms with Gasteiger partial charge < -0.3 is 5.11 Å². The number of carbonyl (C=O) groups is 1. The molecule has 1 atom stereocenters. The molecule has 0 saturated heterocycles. The number of nitrogens with zero attached hydrogens (tertiary/aromatic N) is 4. The molecule has 82 valence electrons. The third kappa shape index (κ3) is 2.50. The molecule has 1 aliphatic carbocycles. The van der Waals surface area contributed by atoms with Crippen molar-refractivity contribution in [1.82, 2.24) is 25.5 Å². The monoisotopic (exact) mass is 211 g/mol. The second-order valence-corrected chi connectivity index (χ2v) is 3.73. The smallest absolute Gasteiger partial charge is 0.320 e. The fraction of sp³-hybridized carbons (Fsp3) is 0.750. The molecule has 0 radical (unpaired) electrons. The summed E-state index contributed by atoms with van der Waals surface area (Å²) in [4.78, 5) is 12.2. The van der Waals surface area contributed by atoms with Gasteiger partial charge in [-0.3, -0.25) is 10.1 Å². The van der Waals surface area contributed by atoms with Gasteiger partial charge in [0.05, 0.1) is 13.6 Å². The number of nitrogens with one attached hydrogen (secondary N) is 1. The lowest BCUT2D eigenvalue weighted by Crippen LogP contribution is -2.38. The molecule has 0 spiro atoms. The lowest BCUT2D eigenvalue weighted by molar-refractivity contribution is -0.140. The standard InChI is InChI=1S/C8H13N5O2/c1-13-11-6(10-12-13)4-9-7(8(14)15)5-2-3-5/h5,7,9H,2-4H2,1H3,(H,14,15). The highest BCUT2D eigenvalue weighted by molar-refractivity contribution is 5.74. The average molecular weight is 211 g/mol. The first-order chi connectivity index (χ1) is 7.16. The number of hydrogen-bond acceptors (Lipinski definition) is 5. The number of aryl methyl sites for hydroxylation is 1.